The minimum atomic E-state index is -0.415. The van der Waals surface area contributed by atoms with Gasteiger partial charge < -0.3 is 10.0 Å². The van der Waals surface area contributed by atoms with Crippen molar-refractivity contribution in [1.82, 2.24) is 4.90 Å². The first kappa shape index (κ1) is 9.00. The monoisotopic (exact) mass is 183 g/mol. The van der Waals surface area contributed by atoms with Gasteiger partial charge >= 0.3 is 0 Å². The summed E-state index contributed by atoms with van der Waals surface area (Å²) in [7, 11) is 0. The molecule has 2 aliphatic rings. The summed E-state index contributed by atoms with van der Waals surface area (Å²) in [6.07, 6.45) is 4.43. The van der Waals surface area contributed by atoms with E-state index in [0.29, 0.717) is 13.0 Å². The van der Waals surface area contributed by atoms with Crippen LogP contribution in [0, 0.1) is 0 Å². The third-order valence-corrected chi connectivity index (χ3v) is 3.22. The van der Waals surface area contributed by atoms with Gasteiger partial charge in [0, 0.05) is 12.1 Å². The molecule has 3 heteroatoms. The Morgan fingerprint density at radius 1 is 1.62 bits per heavy atom. The maximum Gasteiger partial charge on any atom is 0.225 e. The topological polar surface area (TPSA) is 40.5 Å². The highest BCUT2D eigenvalue weighted by molar-refractivity contribution is 5.80. The second-order valence-electron chi connectivity index (χ2n) is 4.34. The molecule has 0 aromatic heterocycles. The maximum atomic E-state index is 11.5. The number of hydrogen-bond acceptors (Lipinski definition) is 2. The summed E-state index contributed by atoms with van der Waals surface area (Å²) in [6.45, 7) is 2.72. The first-order valence-electron chi connectivity index (χ1n) is 5.16. The summed E-state index contributed by atoms with van der Waals surface area (Å²) in [6, 6.07) is 0. The first-order valence-corrected chi connectivity index (χ1v) is 5.16. The van der Waals surface area contributed by atoms with Gasteiger partial charge in [-0.1, -0.05) is 13.3 Å². The summed E-state index contributed by atoms with van der Waals surface area (Å²) < 4.78 is 0. The van der Waals surface area contributed by atoms with E-state index in [1.807, 2.05) is 4.90 Å². The molecule has 2 rings (SSSR count). The number of carbonyl (C=O) groups excluding carboxylic acids is 1. The van der Waals surface area contributed by atoms with Crippen molar-refractivity contribution < 1.29 is 9.90 Å². The van der Waals surface area contributed by atoms with Crippen LogP contribution in [0.25, 0.3) is 0 Å². The number of likely N-dealkylation sites (tertiary alicyclic amines) is 1. The van der Waals surface area contributed by atoms with Crippen molar-refractivity contribution in [2.45, 2.75) is 50.7 Å². The predicted octanol–water partition coefficient (Wildman–Crippen LogP) is 0.912. The SMILES string of the molecule is CCCC1(N2CC(O)CC2=O)CC1. The van der Waals surface area contributed by atoms with Gasteiger partial charge in [-0.05, 0) is 19.3 Å². The maximum absolute atomic E-state index is 11.5. The van der Waals surface area contributed by atoms with E-state index in [9.17, 15) is 9.90 Å². The van der Waals surface area contributed by atoms with E-state index in [1.165, 1.54) is 0 Å². The Balaban J connectivity index is 2.04. The van der Waals surface area contributed by atoms with Gasteiger partial charge in [0.1, 0.15) is 0 Å². The molecule has 13 heavy (non-hydrogen) atoms. The van der Waals surface area contributed by atoms with Crippen LogP contribution in [0.2, 0.25) is 0 Å². The molecule has 0 bridgehead atoms. The fourth-order valence-electron chi connectivity index (χ4n) is 2.41. The number of hydrogen-bond donors (Lipinski definition) is 1. The lowest BCUT2D eigenvalue weighted by molar-refractivity contribution is -0.130. The van der Waals surface area contributed by atoms with Gasteiger partial charge in [-0.2, -0.15) is 0 Å². The Morgan fingerprint density at radius 3 is 2.69 bits per heavy atom. The van der Waals surface area contributed by atoms with Crippen molar-refractivity contribution in [3.8, 4) is 0 Å². The molecule has 1 aliphatic carbocycles. The molecular weight excluding hydrogens is 166 g/mol. The van der Waals surface area contributed by atoms with Crippen LogP contribution in [-0.2, 0) is 4.79 Å². The van der Waals surface area contributed by atoms with Crippen molar-refractivity contribution >= 4 is 5.91 Å². The van der Waals surface area contributed by atoms with Crippen molar-refractivity contribution in [2.75, 3.05) is 6.54 Å². The average molecular weight is 183 g/mol. The molecular formula is C10H17NO2. The quantitative estimate of drug-likeness (QED) is 0.706. The van der Waals surface area contributed by atoms with E-state index in [0.717, 1.165) is 25.7 Å². The fraction of sp³-hybridized carbons (Fsp3) is 0.900. The van der Waals surface area contributed by atoms with Crippen molar-refractivity contribution in [3.05, 3.63) is 0 Å². The normalized spacial score (nSPS) is 31.1. The van der Waals surface area contributed by atoms with E-state index in [4.69, 9.17) is 0 Å². The smallest absolute Gasteiger partial charge is 0.225 e. The van der Waals surface area contributed by atoms with Gasteiger partial charge in [0.2, 0.25) is 5.91 Å². The highest BCUT2D eigenvalue weighted by atomic mass is 16.3. The van der Waals surface area contributed by atoms with Crippen LogP contribution < -0.4 is 0 Å². The summed E-state index contributed by atoms with van der Waals surface area (Å²) in [5.41, 5.74) is 0.156. The predicted molar refractivity (Wildman–Crippen MR) is 49.2 cm³/mol. The van der Waals surface area contributed by atoms with Gasteiger partial charge in [0.25, 0.3) is 0 Å². The van der Waals surface area contributed by atoms with Gasteiger partial charge in [-0.15, -0.1) is 0 Å². The Morgan fingerprint density at radius 2 is 2.31 bits per heavy atom. The zero-order valence-electron chi connectivity index (χ0n) is 8.12. The lowest BCUT2D eigenvalue weighted by Crippen LogP contribution is -2.38. The highest BCUT2D eigenvalue weighted by Crippen LogP contribution is 2.47. The zero-order chi connectivity index (χ0) is 9.47. The van der Waals surface area contributed by atoms with Gasteiger partial charge in [0.05, 0.1) is 12.5 Å². The minimum absolute atomic E-state index is 0.151. The lowest BCUT2D eigenvalue weighted by Gasteiger charge is -2.27. The van der Waals surface area contributed by atoms with E-state index < -0.39 is 6.10 Å². The number of carbonyl (C=O) groups is 1. The molecule has 1 atom stereocenters. The largest absolute Gasteiger partial charge is 0.391 e. The summed E-state index contributed by atoms with van der Waals surface area (Å²) in [5, 5.41) is 9.37. The molecule has 1 aliphatic heterocycles. The van der Waals surface area contributed by atoms with Gasteiger partial charge in [0.15, 0.2) is 0 Å². The molecule has 0 aromatic carbocycles. The molecule has 1 unspecified atom stereocenters. The summed E-state index contributed by atoms with van der Waals surface area (Å²) in [4.78, 5) is 13.4. The summed E-state index contributed by atoms with van der Waals surface area (Å²) >= 11 is 0. The molecule has 74 valence electrons. The Hall–Kier alpha value is -0.570. The van der Waals surface area contributed by atoms with Crippen LogP contribution in [0.1, 0.15) is 39.0 Å². The highest BCUT2D eigenvalue weighted by Gasteiger charge is 2.51. The van der Waals surface area contributed by atoms with E-state index >= 15 is 0 Å². The molecule has 1 amide bonds. The number of aliphatic hydroxyl groups excluding tert-OH is 1. The molecule has 1 saturated heterocycles. The number of aliphatic hydroxyl groups is 1. The molecule has 3 nitrogen and oxygen atoms in total. The Kier molecular flexibility index (Phi) is 2.06. The molecule has 0 spiro atoms. The van der Waals surface area contributed by atoms with Crippen LogP contribution in [-0.4, -0.2) is 34.1 Å². The van der Waals surface area contributed by atoms with Crippen molar-refractivity contribution in [2.24, 2.45) is 0 Å². The van der Waals surface area contributed by atoms with E-state index in [1.54, 1.807) is 0 Å². The number of amides is 1. The average Bonchev–Trinajstić information content (AvgIpc) is 2.74. The van der Waals surface area contributed by atoms with Crippen LogP contribution in [0.3, 0.4) is 0 Å². The number of nitrogens with zero attached hydrogens (tertiary/aromatic N) is 1. The molecule has 1 saturated carbocycles. The zero-order valence-corrected chi connectivity index (χ0v) is 8.12. The van der Waals surface area contributed by atoms with Gasteiger partial charge in [-0.25, -0.2) is 0 Å². The molecule has 2 fully saturated rings. The van der Waals surface area contributed by atoms with Crippen LogP contribution in [0.15, 0.2) is 0 Å². The third kappa shape index (κ3) is 1.46. The lowest BCUT2D eigenvalue weighted by atomic mass is 10.1. The molecule has 0 aromatic rings. The van der Waals surface area contributed by atoms with E-state index in [2.05, 4.69) is 6.92 Å². The number of rotatable bonds is 3. The molecule has 0 radical (unpaired) electrons. The van der Waals surface area contributed by atoms with E-state index in [-0.39, 0.29) is 11.4 Å². The number of β-amino-alcohol motifs (C(OH)–C–C–N with tert-alkyl or cyclic N) is 1. The first-order chi connectivity index (χ1) is 6.18. The van der Waals surface area contributed by atoms with Crippen molar-refractivity contribution in [1.29, 1.82) is 0 Å². The minimum Gasteiger partial charge on any atom is -0.391 e. The molecule has 1 N–H and O–H groups in total. The second kappa shape index (κ2) is 2.98. The third-order valence-electron chi connectivity index (χ3n) is 3.22. The Bertz CT molecular complexity index is 223. The fourth-order valence-corrected chi connectivity index (χ4v) is 2.41. The Labute approximate surface area is 78.7 Å². The summed E-state index contributed by atoms with van der Waals surface area (Å²) in [5.74, 6) is 0.151. The standard InChI is InChI=1S/C10H17NO2/c1-2-3-10(4-5-10)11-7-8(12)6-9(11)13/h8,12H,2-7H2,1H3. The van der Waals surface area contributed by atoms with Crippen LogP contribution in [0.5, 0.6) is 0 Å². The molecule has 1 heterocycles. The van der Waals surface area contributed by atoms with Crippen LogP contribution in [0.4, 0.5) is 0 Å². The van der Waals surface area contributed by atoms with Gasteiger partial charge in [-0.3, -0.25) is 4.79 Å². The second-order valence-corrected chi connectivity index (χ2v) is 4.34. The van der Waals surface area contributed by atoms with Crippen molar-refractivity contribution in [3.63, 3.8) is 0 Å². The van der Waals surface area contributed by atoms with Crippen LogP contribution >= 0.6 is 0 Å².